The molecule has 0 N–H and O–H groups in total. The van der Waals surface area contributed by atoms with Crippen LogP contribution in [-0.2, 0) is 20.1 Å². The van der Waals surface area contributed by atoms with Gasteiger partial charge in [0.1, 0.15) is 0 Å². The molecule has 0 fully saturated rings. The van der Waals surface area contributed by atoms with Gasteiger partial charge < -0.3 is 15.0 Å². The standard InChI is InChI=1S/C21H16N.C17H12N.C11H8N.Ir/c1-14-11-15(2)13-17(12-14)21-20-8-7-16-5-3-4-6-18(16)19(20)9-10-22-21;1-2-7-14(8-3-1)15-9-6-10-16(13-15)17-11-4-5-12-18-17;1-2-6-10(7-3-1)11-8-4-5-9-12-11;/h3-12H,1-2H3;1-9,11-13H;1-6,8-9H;/q3*-1;+3. The van der Waals surface area contributed by atoms with Crippen LogP contribution in [0.5, 0.6) is 0 Å². The Kier molecular flexibility index (Phi) is 12.4. The first kappa shape index (κ1) is 36.7. The summed E-state index contributed by atoms with van der Waals surface area (Å²) in [5.41, 5.74) is 10.9. The van der Waals surface area contributed by atoms with E-state index in [-0.39, 0.29) is 20.1 Å². The average Bonchev–Trinajstić information content (AvgIpc) is 3.22. The first-order valence-corrected chi connectivity index (χ1v) is 17.3. The molecule has 3 nitrogen and oxygen atoms in total. The minimum Gasteiger partial charge on any atom is -0.305 e. The van der Waals surface area contributed by atoms with Crippen LogP contribution in [0.25, 0.3) is 66.4 Å². The van der Waals surface area contributed by atoms with Crippen molar-refractivity contribution in [3.05, 3.63) is 212 Å². The van der Waals surface area contributed by atoms with Gasteiger partial charge in [-0.25, -0.2) is 0 Å². The van der Waals surface area contributed by atoms with Gasteiger partial charge in [-0.1, -0.05) is 105 Å². The van der Waals surface area contributed by atoms with E-state index in [0.29, 0.717) is 0 Å². The Bertz CT molecular complexity index is 2410. The van der Waals surface area contributed by atoms with Gasteiger partial charge in [-0.2, -0.15) is 0 Å². The van der Waals surface area contributed by atoms with Crippen molar-refractivity contribution >= 4 is 21.5 Å². The van der Waals surface area contributed by atoms with Crippen molar-refractivity contribution in [2.45, 2.75) is 13.8 Å². The third-order valence-corrected chi connectivity index (χ3v) is 8.57. The number of hydrogen-bond acceptors (Lipinski definition) is 3. The number of hydrogen-bond donors (Lipinski definition) is 0. The first-order valence-electron chi connectivity index (χ1n) is 17.3. The largest absolute Gasteiger partial charge is 3.00 e. The molecule has 6 aromatic carbocycles. The SMILES string of the molecule is Cc1[c-]c(-c2nccc3c2ccc2ccccc23)cc(C)c1.[Ir+3].[c-]1ccc(-c2ccccc2)cc1-c1ccccn1.[c-]1ccccc1-c1ccccn1. The van der Waals surface area contributed by atoms with Crippen molar-refractivity contribution in [1.82, 2.24) is 15.0 Å². The molecule has 0 aliphatic heterocycles. The van der Waals surface area contributed by atoms with Gasteiger partial charge in [-0.3, -0.25) is 0 Å². The molecule has 53 heavy (non-hydrogen) atoms. The summed E-state index contributed by atoms with van der Waals surface area (Å²) in [6, 6.07) is 65.1. The van der Waals surface area contributed by atoms with E-state index in [2.05, 4.69) is 126 Å². The molecule has 9 rings (SSSR count). The number of pyridine rings is 3. The molecule has 0 amide bonds. The number of fused-ring (bicyclic) bond motifs is 3. The molecule has 3 heterocycles. The van der Waals surface area contributed by atoms with E-state index in [4.69, 9.17) is 0 Å². The molecule has 9 aromatic rings. The van der Waals surface area contributed by atoms with Gasteiger partial charge in [0, 0.05) is 18.6 Å². The predicted octanol–water partition coefficient (Wildman–Crippen LogP) is 12.2. The van der Waals surface area contributed by atoms with Crippen LogP contribution in [0, 0.1) is 32.0 Å². The van der Waals surface area contributed by atoms with Crippen LogP contribution >= 0.6 is 0 Å². The van der Waals surface area contributed by atoms with Crippen LogP contribution < -0.4 is 0 Å². The predicted molar refractivity (Wildman–Crippen MR) is 215 cm³/mol. The molecule has 0 unspecified atom stereocenters. The number of benzene rings is 6. The van der Waals surface area contributed by atoms with Gasteiger partial charge in [0.15, 0.2) is 0 Å². The van der Waals surface area contributed by atoms with Gasteiger partial charge in [-0.15, -0.1) is 106 Å². The zero-order chi connectivity index (χ0) is 35.5. The fourth-order valence-corrected chi connectivity index (χ4v) is 6.20. The van der Waals surface area contributed by atoms with Crippen molar-refractivity contribution in [2.24, 2.45) is 0 Å². The van der Waals surface area contributed by atoms with Gasteiger partial charge in [0.2, 0.25) is 0 Å². The van der Waals surface area contributed by atoms with Crippen LogP contribution in [0.15, 0.2) is 182 Å². The molecule has 3 aromatic heterocycles. The Morgan fingerprint density at radius 3 is 1.85 bits per heavy atom. The number of aromatic nitrogens is 3. The van der Waals surface area contributed by atoms with Gasteiger partial charge >= 0.3 is 20.1 Å². The molecule has 0 atom stereocenters. The summed E-state index contributed by atoms with van der Waals surface area (Å²) in [5, 5.41) is 4.96. The Morgan fingerprint density at radius 1 is 0.434 bits per heavy atom. The Morgan fingerprint density at radius 2 is 1.13 bits per heavy atom. The fourth-order valence-electron chi connectivity index (χ4n) is 6.20. The monoisotopic (exact) mass is 859 g/mol. The Hall–Kier alpha value is -6.06. The summed E-state index contributed by atoms with van der Waals surface area (Å²) in [4.78, 5) is 13.2. The van der Waals surface area contributed by atoms with Crippen molar-refractivity contribution in [1.29, 1.82) is 0 Å². The van der Waals surface area contributed by atoms with E-state index in [1.807, 2.05) is 91.1 Å². The van der Waals surface area contributed by atoms with Crippen molar-refractivity contribution < 1.29 is 20.1 Å². The second-order valence-corrected chi connectivity index (χ2v) is 12.4. The van der Waals surface area contributed by atoms with E-state index in [1.165, 1.54) is 38.2 Å². The molecule has 0 aliphatic carbocycles. The second-order valence-electron chi connectivity index (χ2n) is 12.4. The van der Waals surface area contributed by atoms with Crippen LogP contribution in [0.2, 0.25) is 0 Å². The molecule has 256 valence electrons. The van der Waals surface area contributed by atoms with Gasteiger partial charge in [0.25, 0.3) is 0 Å². The third kappa shape index (κ3) is 9.25. The summed E-state index contributed by atoms with van der Waals surface area (Å²) in [5.74, 6) is 0. The molecular formula is C49H36IrN3. The first-order chi connectivity index (χ1) is 25.6. The molecule has 4 heteroatoms. The maximum Gasteiger partial charge on any atom is 3.00 e. The quantitative estimate of drug-likeness (QED) is 0.131. The number of aryl methyl sites for hydroxylation is 2. The van der Waals surface area contributed by atoms with E-state index >= 15 is 0 Å². The maximum absolute atomic E-state index is 4.63. The Labute approximate surface area is 325 Å². The molecule has 0 bridgehead atoms. The van der Waals surface area contributed by atoms with E-state index in [9.17, 15) is 0 Å². The number of rotatable bonds is 4. The second kappa shape index (κ2) is 17.9. The molecule has 0 saturated heterocycles. The zero-order valence-electron chi connectivity index (χ0n) is 29.5. The van der Waals surface area contributed by atoms with E-state index < -0.39 is 0 Å². The van der Waals surface area contributed by atoms with Crippen molar-refractivity contribution in [3.8, 4) is 44.9 Å². The van der Waals surface area contributed by atoms with Crippen LogP contribution in [-0.4, -0.2) is 15.0 Å². The van der Waals surface area contributed by atoms with E-state index in [0.717, 1.165) is 39.3 Å². The minimum atomic E-state index is 0. The summed E-state index contributed by atoms with van der Waals surface area (Å²) >= 11 is 0. The normalized spacial score (nSPS) is 10.3. The van der Waals surface area contributed by atoms with Crippen LogP contribution in [0.3, 0.4) is 0 Å². The number of nitrogens with zero attached hydrogens (tertiary/aromatic N) is 3. The molecule has 0 radical (unpaired) electrons. The van der Waals surface area contributed by atoms with E-state index in [1.54, 1.807) is 12.4 Å². The van der Waals surface area contributed by atoms with Crippen molar-refractivity contribution in [2.75, 3.05) is 0 Å². The zero-order valence-corrected chi connectivity index (χ0v) is 31.9. The van der Waals surface area contributed by atoms with Crippen LogP contribution in [0.1, 0.15) is 11.1 Å². The average molecular weight is 859 g/mol. The minimum absolute atomic E-state index is 0. The third-order valence-electron chi connectivity index (χ3n) is 8.57. The smallest absolute Gasteiger partial charge is 0.305 e. The summed E-state index contributed by atoms with van der Waals surface area (Å²) in [7, 11) is 0. The van der Waals surface area contributed by atoms with Crippen molar-refractivity contribution in [3.63, 3.8) is 0 Å². The van der Waals surface area contributed by atoms with Crippen LogP contribution in [0.4, 0.5) is 0 Å². The van der Waals surface area contributed by atoms with Gasteiger partial charge in [0.05, 0.1) is 0 Å². The Balaban J connectivity index is 0.000000140. The topological polar surface area (TPSA) is 38.7 Å². The maximum atomic E-state index is 4.63. The molecule has 0 aliphatic rings. The summed E-state index contributed by atoms with van der Waals surface area (Å²) in [6.45, 7) is 4.20. The van der Waals surface area contributed by atoms with Gasteiger partial charge in [-0.05, 0) is 62.4 Å². The summed E-state index contributed by atoms with van der Waals surface area (Å²) in [6.07, 6.45) is 5.49. The fraction of sp³-hybridized carbons (Fsp3) is 0.0408. The molecular weight excluding hydrogens is 823 g/mol. The molecule has 0 saturated carbocycles. The molecule has 0 spiro atoms. The summed E-state index contributed by atoms with van der Waals surface area (Å²) < 4.78 is 0.